The fourth-order valence-electron chi connectivity index (χ4n) is 3.69. The van der Waals surface area contributed by atoms with E-state index in [9.17, 15) is 0 Å². The molecule has 0 aliphatic carbocycles. The number of nitrogen functional groups attached to an aromatic ring is 1. The standard InChI is InChI=1S/C24H27N7O3/c1-4-14(30-24(26)27)12-34-15-5-13(9-28-10-15)19-6-16-17-7-21(32-2)22(33-3)8-20(17)29-11-18(16)23(25)31-19/h5-11,14H,4,12H2,1-3H3,(H2,25,31)(H4,26,27,30)/t14-/m1/s1. The smallest absolute Gasteiger partial charge is 0.186 e. The Kier molecular flexibility index (Phi) is 6.48. The number of benzene rings is 1. The molecule has 10 nitrogen and oxygen atoms in total. The molecule has 0 aliphatic rings. The van der Waals surface area contributed by atoms with Crippen molar-refractivity contribution in [2.24, 2.45) is 16.5 Å². The van der Waals surface area contributed by atoms with Crippen LogP contribution in [-0.4, -0.2) is 47.8 Å². The molecule has 3 aromatic heterocycles. The van der Waals surface area contributed by atoms with E-state index in [-0.39, 0.29) is 12.0 Å². The lowest BCUT2D eigenvalue weighted by Gasteiger charge is -2.14. The summed E-state index contributed by atoms with van der Waals surface area (Å²) in [6.45, 7) is 2.31. The van der Waals surface area contributed by atoms with E-state index in [1.165, 1.54) is 0 Å². The second kappa shape index (κ2) is 9.65. The number of ether oxygens (including phenoxy) is 3. The van der Waals surface area contributed by atoms with Gasteiger partial charge in [0.05, 0.1) is 37.7 Å². The molecule has 4 aromatic rings. The molecule has 0 saturated heterocycles. The van der Waals surface area contributed by atoms with Gasteiger partial charge < -0.3 is 31.4 Å². The molecule has 3 heterocycles. The monoisotopic (exact) mass is 461 g/mol. The highest BCUT2D eigenvalue weighted by atomic mass is 16.5. The first-order chi connectivity index (χ1) is 16.4. The lowest BCUT2D eigenvalue weighted by Crippen LogP contribution is -2.27. The molecular formula is C24H27N7O3. The molecule has 0 bridgehead atoms. The van der Waals surface area contributed by atoms with Crippen molar-refractivity contribution in [2.75, 3.05) is 26.6 Å². The van der Waals surface area contributed by atoms with Crippen molar-refractivity contribution < 1.29 is 14.2 Å². The van der Waals surface area contributed by atoms with Gasteiger partial charge >= 0.3 is 0 Å². The Labute approximate surface area is 196 Å². The molecule has 0 spiro atoms. The van der Waals surface area contributed by atoms with Crippen LogP contribution in [-0.2, 0) is 0 Å². The van der Waals surface area contributed by atoms with Crippen molar-refractivity contribution >= 4 is 33.5 Å². The van der Waals surface area contributed by atoms with Crippen LogP contribution in [0.3, 0.4) is 0 Å². The molecule has 0 unspecified atom stereocenters. The number of methoxy groups -OCH3 is 2. The van der Waals surface area contributed by atoms with Crippen LogP contribution in [0, 0.1) is 0 Å². The van der Waals surface area contributed by atoms with Gasteiger partial charge in [0.1, 0.15) is 18.2 Å². The Morgan fingerprint density at radius 1 is 0.971 bits per heavy atom. The van der Waals surface area contributed by atoms with Crippen LogP contribution in [0.4, 0.5) is 5.82 Å². The van der Waals surface area contributed by atoms with Crippen molar-refractivity contribution in [1.82, 2.24) is 15.0 Å². The maximum Gasteiger partial charge on any atom is 0.186 e. The highest BCUT2D eigenvalue weighted by Gasteiger charge is 2.14. The Bertz CT molecular complexity index is 1370. The second-order valence-corrected chi connectivity index (χ2v) is 7.67. The van der Waals surface area contributed by atoms with Gasteiger partial charge in [0.25, 0.3) is 0 Å². The van der Waals surface area contributed by atoms with Gasteiger partial charge in [-0.2, -0.15) is 0 Å². The third-order valence-electron chi connectivity index (χ3n) is 5.47. The molecule has 4 rings (SSSR count). The van der Waals surface area contributed by atoms with E-state index in [2.05, 4.69) is 19.9 Å². The van der Waals surface area contributed by atoms with E-state index >= 15 is 0 Å². The summed E-state index contributed by atoms with van der Waals surface area (Å²) in [5.74, 6) is 2.18. The number of pyridine rings is 3. The summed E-state index contributed by atoms with van der Waals surface area (Å²) in [7, 11) is 3.18. The minimum Gasteiger partial charge on any atom is -0.493 e. The van der Waals surface area contributed by atoms with Crippen molar-refractivity contribution in [3.05, 3.63) is 42.9 Å². The summed E-state index contributed by atoms with van der Waals surface area (Å²) >= 11 is 0. The van der Waals surface area contributed by atoms with Crippen molar-refractivity contribution in [3.8, 4) is 28.5 Å². The van der Waals surface area contributed by atoms with Crippen LogP contribution in [0.5, 0.6) is 17.2 Å². The zero-order valence-corrected chi connectivity index (χ0v) is 19.3. The highest BCUT2D eigenvalue weighted by molar-refractivity contribution is 6.10. The SMILES string of the molecule is CC[C@H](COc1cncc(-c2cc3c(cnc4cc(OC)c(OC)cc43)c(N)n2)c1)N=C(N)N. The number of anilines is 1. The number of aliphatic imine (C=N–C) groups is 1. The van der Waals surface area contributed by atoms with Gasteiger partial charge in [-0.25, -0.2) is 9.98 Å². The summed E-state index contributed by atoms with van der Waals surface area (Å²) in [6.07, 6.45) is 5.79. The summed E-state index contributed by atoms with van der Waals surface area (Å²) in [5.41, 5.74) is 19.5. The van der Waals surface area contributed by atoms with Gasteiger partial charge in [-0.15, -0.1) is 0 Å². The van der Waals surface area contributed by atoms with E-state index in [4.69, 9.17) is 31.4 Å². The van der Waals surface area contributed by atoms with Crippen molar-refractivity contribution in [2.45, 2.75) is 19.4 Å². The minimum absolute atomic E-state index is 0.0362. The topological polar surface area (TPSA) is 157 Å². The first kappa shape index (κ1) is 22.8. The van der Waals surface area contributed by atoms with Gasteiger partial charge in [0, 0.05) is 34.8 Å². The predicted octanol–water partition coefficient (Wildman–Crippen LogP) is 2.88. The third kappa shape index (κ3) is 4.56. The molecule has 10 heteroatoms. The van der Waals surface area contributed by atoms with Crippen LogP contribution >= 0.6 is 0 Å². The Balaban J connectivity index is 1.75. The molecule has 176 valence electrons. The normalized spacial score (nSPS) is 11.9. The van der Waals surface area contributed by atoms with E-state index in [1.54, 1.807) is 32.8 Å². The van der Waals surface area contributed by atoms with E-state index in [0.717, 1.165) is 33.7 Å². The van der Waals surface area contributed by atoms with Gasteiger partial charge in [-0.3, -0.25) is 9.97 Å². The van der Waals surface area contributed by atoms with Crippen LogP contribution in [0.25, 0.3) is 32.9 Å². The molecular weight excluding hydrogens is 434 g/mol. The van der Waals surface area contributed by atoms with Gasteiger partial charge in [0.2, 0.25) is 0 Å². The Hall–Kier alpha value is -4.34. The van der Waals surface area contributed by atoms with E-state index in [1.807, 2.05) is 31.2 Å². The predicted molar refractivity (Wildman–Crippen MR) is 133 cm³/mol. The van der Waals surface area contributed by atoms with E-state index < -0.39 is 0 Å². The lowest BCUT2D eigenvalue weighted by molar-refractivity contribution is 0.285. The number of hydrogen-bond donors (Lipinski definition) is 3. The fraction of sp³-hybridized carbons (Fsp3) is 0.250. The summed E-state index contributed by atoms with van der Waals surface area (Å²) in [6, 6.07) is 7.39. The molecule has 0 radical (unpaired) electrons. The summed E-state index contributed by atoms with van der Waals surface area (Å²) in [5, 5.41) is 2.50. The van der Waals surface area contributed by atoms with Crippen LogP contribution in [0.1, 0.15) is 13.3 Å². The van der Waals surface area contributed by atoms with Gasteiger partial charge in [0.15, 0.2) is 17.5 Å². The third-order valence-corrected chi connectivity index (χ3v) is 5.47. The number of nitrogens with zero attached hydrogens (tertiary/aromatic N) is 4. The summed E-state index contributed by atoms with van der Waals surface area (Å²) in [4.78, 5) is 17.6. The number of aromatic nitrogens is 3. The van der Waals surface area contributed by atoms with Crippen molar-refractivity contribution in [1.29, 1.82) is 0 Å². The molecule has 1 aromatic carbocycles. The van der Waals surface area contributed by atoms with E-state index in [0.29, 0.717) is 35.4 Å². The molecule has 6 N–H and O–H groups in total. The molecule has 0 amide bonds. The number of nitrogens with two attached hydrogens (primary N) is 3. The summed E-state index contributed by atoms with van der Waals surface area (Å²) < 4.78 is 16.8. The molecule has 1 atom stereocenters. The first-order valence-corrected chi connectivity index (χ1v) is 10.7. The zero-order valence-electron chi connectivity index (χ0n) is 19.3. The van der Waals surface area contributed by atoms with Gasteiger partial charge in [-0.05, 0) is 30.0 Å². The number of guanidine groups is 1. The number of rotatable bonds is 8. The number of hydrogen-bond acceptors (Lipinski definition) is 8. The Morgan fingerprint density at radius 2 is 1.74 bits per heavy atom. The number of fused-ring (bicyclic) bond motifs is 3. The highest BCUT2D eigenvalue weighted by Crippen LogP contribution is 2.37. The quantitative estimate of drug-likeness (QED) is 0.204. The van der Waals surface area contributed by atoms with Crippen LogP contribution in [0.2, 0.25) is 0 Å². The Morgan fingerprint density at radius 3 is 2.44 bits per heavy atom. The van der Waals surface area contributed by atoms with Crippen LogP contribution in [0.15, 0.2) is 47.8 Å². The molecule has 34 heavy (non-hydrogen) atoms. The fourth-order valence-corrected chi connectivity index (χ4v) is 3.69. The molecule has 0 fully saturated rings. The lowest BCUT2D eigenvalue weighted by atomic mass is 10.0. The average Bonchev–Trinajstić information content (AvgIpc) is 2.85. The van der Waals surface area contributed by atoms with Gasteiger partial charge in [-0.1, -0.05) is 6.92 Å². The van der Waals surface area contributed by atoms with Crippen LogP contribution < -0.4 is 31.4 Å². The zero-order chi connectivity index (χ0) is 24.2. The van der Waals surface area contributed by atoms with Crippen molar-refractivity contribution in [3.63, 3.8) is 0 Å². The maximum atomic E-state index is 6.32. The average molecular weight is 462 g/mol. The largest absolute Gasteiger partial charge is 0.493 e. The molecule has 0 saturated carbocycles. The minimum atomic E-state index is -0.145. The maximum absolute atomic E-state index is 6.32. The molecule has 0 aliphatic heterocycles. The first-order valence-electron chi connectivity index (χ1n) is 10.7. The second-order valence-electron chi connectivity index (χ2n) is 7.67.